The van der Waals surface area contributed by atoms with Crippen molar-refractivity contribution in [2.24, 2.45) is 0 Å². The number of nitro groups is 1. The molecule has 1 heterocycles. The predicted molar refractivity (Wildman–Crippen MR) is 66.2 cm³/mol. The molecule has 1 unspecified atom stereocenters. The highest BCUT2D eigenvalue weighted by Crippen LogP contribution is 2.36. The minimum absolute atomic E-state index is 0.0270. The van der Waals surface area contributed by atoms with Gasteiger partial charge in [-0.1, -0.05) is 0 Å². The Labute approximate surface area is 118 Å². The summed E-state index contributed by atoms with van der Waals surface area (Å²) in [5.41, 5.74) is -1.80. The van der Waals surface area contributed by atoms with Crippen molar-refractivity contribution in [2.45, 2.75) is 12.3 Å². The molecule has 0 bridgehead atoms. The first kappa shape index (κ1) is 15.5. The summed E-state index contributed by atoms with van der Waals surface area (Å²) < 4.78 is 48.2. The maximum Gasteiger partial charge on any atom is 0.416 e. The lowest BCUT2D eigenvalue weighted by Gasteiger charge is -2.23. The molecular formula is C12H13F3N2O4. The van der Waals surface area contributed by atoms with Gasteiger partial charge in [-0.2, -0.15) is 13.2 Å². The van der Waals surface area contributed by atoms with Crippen LogP contribution in [0.3, 0.4) is 0 Å². The molecule has 1 aliphatic rings. The molecule has 0 saturated carbocycles. The number of hydrogen-bond acceptors (Lipinski definition) is 5. The molecule has 21 heavy (non-hydrogen) atoms. The van der Waals surface area contributed by atoms with Gasteiger partial charge in [-0.3, -0.25) is 10.1 Å². The fourth-order valence-corrected chi connectivity index (χ4v) is 1.87. The predicted octanol–water partition coefficient (Wildman–Crippen LogP) is 1.98. The highest BCUT2D eigenvalue weighted by molar-refractivity contribution is 5.49. The molecule has 0 amide bonds. The first-order chi connectivity index (χ1) is 9.88. The van der Waals surface area contributed by atoms with Gasteiger partial charge in [-0.05, 0) is 12.1 Å². The van der Waals surface area contributed by atoms with Crippen LogP contribution in [-0.4, -0.2) is 37.3 Å². The smallest absolute Gasteiger partial charge is 0.416 e. The molecule has 1 N–H and O–H groups in total. The molecule has 116 valence electrons. The molecule has 1 aromatic carbocycles. The van der Waals surface area contributed by atoms with E-state index in [9.17, 15) is 23.3 Å². The van der Waals surface area contributed by atoms with E-state index in [2.05, 4.69) is 5.32 Å². The van der Waals surface area contributed by atoms with Crippen LogP contribution in [0, 0.1) is 10.1 Å². The lowest BCUT2D eigenvalue weighted by atomic mass is 10.2. The largest absolute Gasteiger partial charge is 0.484 e. The van der Waals surface area contributed by atoms with Crippen molar-refractivity contribution < 1.29 is 27.6 Å². The number of alkyl halides is 3. The standard InChI is InChI=1S/C12H13F3N2O4/c13-12(14,15)8-1-2-11(10(5-8)17(18)19)21-7-9-6-16-3-4-20-9/h1-2,5,9,16H,3-4,6-7H2. The van der Waals surface area contributed by atoms with Crippen LogP contribution in [-0.2, 0) is 10.9 Å². The number of hydrogen-bond donors (Lipinski definition) is 1. The lowest BCUT2D eigenvalue weighted by molar-refractivity contribution is -0.386. The van der Waals surface area contributed by atoms with Crippen molar-refractivity contribution >= 4 is 5.69 Å². The summed E-state index contributed by atoms with van der Waals surface area (Å²) in [6, 6.07) is 2.18. The molecule has 0 aromatic heterocycles. The van der Waals surface area contributed by atoms with Crippen LogP contribution in [0.1, 0.15) is 5.56 Å². The third-order valence-electron chi connectivity index (χ3n) is 2.91. The highest BCUT2D eigenvalue weighted by Gasteiger charge is 2.33. The van der Waals surface area contributed by atoms with Crippen molar-refractivity contribution in [1.82, 2.24) is 5.32 Å². The summed E-state index contributed by atoms with van der Waals surface area (Å²) in [7, 11) is 0. The van der Waals surface area contributed by atoms with Crippen molar-refractivity contribution in [1.29, 1.82) is 0 Å². The van der Waals surface area contributed by atoms with Gasteiger partial charge in [0.05, 0.1) is 17.1 Å². The van der Waals surface area contributed by atoms with Crippen LogP contribution < -0.4 is 10.1 Å². The van der Waals surface area contributed by atoms with E-state index in [4.69, 9.17) is 9.47 Å². The molecule has 1 saturated heterocycles. The second kappa shape index (κ2) is 6.27. The third kappa shape index (κ3) is 4.05. The van der Waals surface area contributed by atoms with Gasteiger partial charge in [0.2, 0.25) is 0 Å². The molecular weight excluding hydrogens is 293 g/mol. The molecule has 9 heteroatoms. The summed E-state index contributed by atoms with van der Waals surface area (Å²) in [5.74, 6) is -0.206. The van der Waals surface area contributed by atoms with E-state index in [1.165, 1.54) is 0 Å². The van der Waals surface area contributed by atoms with Gasteiger partial charge in [-0.25, -0.2) is 0 Å². The number of nitrogens with zero attached hydrogens (tertiary/aromatic N) is 1. The zero-order valence-corrected chi connectivity index (χ0v) is 10.9. The minimum Gasteiger partial charge on any atom is -0.484 e. The van der Waals surface area contributed by atoms with Gasteiger partial charge >= 0.3 is 11.9 Å². The maximum atomic E-state index is 12.5. The number of halogens is 3. The molecule has 0 spiro atoms. The summed E-state index contributed by atoms with van der Waals surface area (Å²) in [6.45, 7) is 1.74. The Balaban J connectivity index is 2.12. The van der Waals surface area contributed by atoms with Crippen LogP contribution >= 0.6 is 0 Å². The van der Waals surface area contributed by atoms with Crippen molar-refractivity contribution in [2.75, 3.05) is 26.3 Å². The maximum absolute atomic E-state index is 12.5. The third-order valence-corrected chi connectivity index (χ3v) is 2.91. The van der Waals surface area contributed by atoms with Gasteiger partial charge < -0.3 is 14.8 Å². The van der Waals surface area contributed by atoms with Crippen LogP contribution in [0.5, 0.6) is 5.75 Å². The number of benzene rings is 1. The number of rotatable bonds is 4. The van der Waals surface area contributed by atoms with Gasteiger partial charge in [0.25, 0.3) is 0 Å². The molecule has 1 aliphatic heterocycles. The molecule has 2 rings (SSSR count). The molecule has 6 nitrogen and oxygen atoms in total. The first-order valence-electron chi connectivity index (χ1n) is 6.18. The number of nitro benzene ring substituents is 1. The zero-order valence-electron chi connectivity index (χ0n) is 10.9. The Morgan fingerprint density at radius 3 is 2.81 bits per heavy atom. The van der Waals surface area contributed by atoms with Crippen LogP contribution in [0.2, 0.25) is 0 Å². The Kier molecular flexibility index (Phi) is 4.63. The fourth-order valence-electron chi connectivity index (χ4n) is 1.87. The normalized spacial score (nSPS) is 19.3. The van der Waals surface area contributed by atoms with Gasteiger partial charge in [0.1, 0.15) is 12.7 Å². The first-order valence-corrected chi connectivity index (χ1v) is 6.18. The SMILES string of the molecule is O=[N+]([O-])c1cc(C(F)(F)F)ccc1OCC1CNCCO1. The number of nitrogens with one attached hydrogen (secondary N) is 1. The molecule has 0 radical (unpaired) electrons. The summed E-state index contributed by atoms with van der Waals surface area (Å²) in [4.78, 5) is 9.97. The molecule has 0 aliphatic carbocycles. The van der Waals surface area contributed by atoms with E-state index in [0.717, 1.165) is 12.1 Å². The number of ether oxygens (including phenoxy) is 2. The number of morpholine rings is 1. The van der Waals surface area contributed by atoms with E-state index >= 15 is 0 Å². The molecule has 1 atom stereocenters. The topological polar surface area (TPSA) is 73.6 Å². The lowest BCUT2D eigenvalue weighted by Crippen LogP contribution is -2.41. The van der Waals surface area contributed by atoms with E-state index in [-0.39, 0.29) is 18.5 Å². The Morgan fingerprint density at radius 2 is 2.24 bits per heavy atom. The van der Waals surface area contributed by atoms with Crippen LogP contribution in [0.25, 0.3) is 0 Å². The second-order valence-corrected chi connectivity index (χ2v) is 4.45. The highest BCUT2D eigenvalue weighted by atomic mass is 19.4. The zero-order chi connectivity index (χ0) is 15.5. The Morgan fingerprint density at radius 1 is 1.48 bits per heavy atom. The monoisotopic (exact) mass is 306 g/mol. The molecule has 1 fully saturated rings. The average Bonchev–Trinajstić information content (AvgIpc) is 2.45. The summed E-state index contributed by atoms with van der Waals surface area (Å²) >= 11 is 0. The van der Waals surface area contributed by atoms with Crippen LogP contribution in [0.4, 0.5) is 18.9 Å². The van der Waals surface area contributed by atoms with Gasteiger partial charge in [0.15, 0.2) is 5.75 Å². The minimum atomic E-state index is -4.64. The van der Waals surface area contributed by atoms with E-state index in [1.807, 2.05) is 0 Å². The van der Waals surface area contributed by atoms with E-state index in [1.54, 1.807) is 0 Å². The van der Waals surface area contributed by atoms with Crippen molar-refractivity contribution in [3.05, 3.63) is 33.9 Å². The van der Waals surface area contributed by atoms with E-state index < -0.39 is 22.4 Å². The van der Waals surface area contributed by atoms with E-state index in [0.29, 0.717) is 25.8 Å². The van der Waals surface area contributed by atoms with Crippen molar-refractivity contribution in [3.63, 3.8) is 0 Å². The molecule has 1 aromatic rings. The fraction of sp³-hybridized carbons (Fsp3) is 0.500. The Hall–Kier alpha value is -1.87. The Bertz CT molecular complexity index is 516. The van der Waals surface area contributed by atoms with Gasteiger partial charge in [0, 0.05) is 19.2 Å². The van der Waals surface area contributed by atoms with Crippen LogP contribution in [0.15, 0.2) is 18.2 Å². The second-order valence-electron chi connectivity index (χ2n) is 4.45. The summed E-state index contributed by atoms with van der Waals surface area (Å²) in [5, 5.41) is 13.9. The van der Waals surface area contributed by atoms with Gasteiger partial charge in [-0.15, -0.1) is 0 Å². The average molecular weight is 306 g/mol. The summed E-state index contributed by atoms with van der Waals surface area (Å²) in [6.07, 6.45) is -4.93. The quantitative estimate of drug-likeness (QED) is 0.680. The van der Waals surface area contributed by atoms with Crippen molar-refractivity contribution in [3.8, 4) is 5.75 Å².